The first-order valence-electron chi connectivity index (χ1n) is 9.54. The van der Waals surface area contributed by atoms with E-state index in [1.54, 1.807) is 11.9 Å². The Kier molecular flexibility index (Phi) is 6.56. The number of nitrogens with two attached hydrogens (primary N) is 1. The van der Waals surface area contributed by atoms with E-state index in [2.05, 4.69) is 17.0 Å². The van der Waals surface area contributed by atoms with Crippen LogP contribution in [0, 0.1) is 0 Å². The smallest absolute Gasteiger partial charge is 0.257 e. The SMILES string of the molecule is COc1ccc(S(N)(=O)=O)cc1C(=O)N(C)CC1CCCN1Cc1ccccc1. The van der Waals surface area contributed by atoms with Crippen molar-refractivity contribution in [1.82, 2.24) is 9.80 Å². The lowest BCUT2D eigenvalue weighted by molar-refractivity contribution is 0.0746. The van der Waals surface area contributed by atoms with Crippen molar-refractivity contribution >= 4 is 15.9 Å². The van der Waals surface area contributed by atoms with Gasteiger partial charge in [-0.2, -0.15) is 0 Å². The molecule has 1 heterocycles. The lowest BCUT2D eigenvalue weighted by atomic mass is 10.1. The van der Waals surface area contributed by atoms with Crippen LogP contribution in [0.2, 0.25) is 0 Å². The molecule has 0 bridgehead atoms. The normalized spacial score (nSPS) is 17.3. The molecule has 2 aromatic rings. The van der Waals surface area contributed by atoms with Gasteiger partial charge in [0.2, 0.25) is 10.0 Å². The second kappa shape index (κ2) is 8.94. The molecule has 1 aliphatic heterocycles. The molecule has 8 heteroatoms. The van der Waals surface area contributed by atoms with Gasteiger partial charge in [-0.1, -0.05) is 30.3 Å². The molecule has 1 aliphatic rings. The molecule has 2 aromatic carbocycles. The fourth-order valence-corrected chi connectivity index (χ4v) is 4.30. The summed E-state index contributed by atoms with van der Waals surface area (Å²) >= 11 is 0. The molecule has 0 aliphatic carbocycles. The number of carbonyl (C=O) groups excluding carboxylic acids is 1. The average Bonchev–Trinajstić information content (AvgIpc) is 3.13. The van der Waals surface area contributed by atoms with Crippen LogP contribution in [-0.2, 0) is 16.6 Å². The van der Waals surface area contributed by atoms with Crippen molar-refractivity contribution in [2.75, 3.05) is 27.2 Å². The number of hydrogen-bond acceptors (Lipinski definition) is 5. The van der Waals surface area contributed by atoms with Gasteiger partial charge in [-0.25, -0.2) is 13.6 Å². The first-order chi connectivity index (χ1) is 13.8. The van der Waals surface area contributed by atoms with Gasteiger partial charge in [0, 0.05) is 26.2 Å². The van der Waals surface area contributed by atoms with Crippen LogP contribution >= 0.6 is 0 Å². The summed E-state index contributed by atoms with van der Waals surface area (Å²) in [6.07, 6.45) is 2.10. The highest BCUT2D eigenvalue weighted by Crippen LogP contribution is 2.25. The van der Waals surface area contributed by atoms with Crippen molar-refractivity contribution in [3.8, 4) is 5.75 Å². The Morgan fingerprint density at radius 1 is 1.24 bits per heavy atom. The first kappa shape index (κ1) is 21.3. The van der Waals surface area contributed by atoms with Crippen LogP contribution in [0.25, 0.3) is 0 Å². The highest BCUT2D eigenvalue weighted by Gasteiger charge is 2.28. The van der Waals surface area contributed by atoms with Gasteiger partial charge in [0.15, 0.2) is 0 Å². The highest BCUT2D eigenvalue weighted by atomic mass is 32.2. The topological polar surface area (TPSA) is 92.9 Å². The van der Waals surface area contributed by atoms with Crippen LogP contribution in [0.1, 0.15) is 28.8 Å². The summed E-state index contributed by atoms with van der Waals surface area (Å²) < 4.78 is 28.6. The number of primary sulfonamides is 1. The van der Waals surface area contributed by atoms with E-state index in [1.807, 2.05) is 18.2 Å². The molecule has 1 unspecified atom stereocenters. The molecule has 0 spiro atoms. The summed E-state index contributed by atoms with van der Waals surface area (Å²) in [5.74, 6) is 0.0284. The van der Waals surface area contributed by atoms with Crippen LogP contribution in [0.5, 0.6) is 5.75 Å². The maximum Gasteiger partial charge on any atom is 0.257 e. The molecule has 156 valence electrons. The molecule has 2 N–H and O–H groups in total. The van der Waals surface area contributed by atoms with E-state index in [-0.39, 0.29) is 22.4 Å². The Balaban J connectivity index is 1.74. The largest absolute Gasteiger partial charge is 0.496 e. The van der Waals surface area contributed by atoms with E-state index in [9.17, 15) is 13.2 Å². The van der Waals surface area contributed by atoms with Crippen LogP contribution in [0.3, 0.4) is 0 Å². The number of hydrogen-bond donors (Lipinski definition) is 1. The highest BCUT2D eigenvalue weighted by molar-refractivity contribution is 7.89. The van der Waals surface area contributed by atoms with Gasteiger partial charge in [-0.05, 0) is 43.1 Å². The zero-order valence-electron chi connectivity index (χ0n) is 16.7. The van der Waals surface area contributed by atoms with E-state index in [0.717, 1.165) is 25.9 Å². The number of nitrogens with zero attached hydrogens (tertiary/aromatic N) is 2. The third kappa shape index (κ3) is 5.14. The van der Waals surface area contributed by atoms with Gasteiger partial charge >= 0.3 is 0 Å². The van der Waals surface area contributed by atoms with Gasteiger partial charge in [0.25, 0.3) is 5.91 Å². The molecule has 7 nitrogen and oxygen atoms in total. The maximum absolute atomic E-state index is 13.0. The minimum absolute atomic E-state index is 0.110. The maximum atomic E-state index is 13.0. The van der Waals surface area contributed by atoms with Gasteiger partial charge in [-0.15, -0.1) is 0 Å². The Bertz CT molecular complexity index is 963. The zero-order chi connectivity index (χ0) is 21.0. The summed E-state index contributed by atoms with van der Waals surface area (Å²) in [4.78, 5) is 16.9. The predicted octanol–water partition coefficient (Wildman–Crippen LogP) is 2.08. The lowest BCUT2D eigenvalue weighted by Gasteiger charge is -2.29. The van der Waals surface area contributed by atoms with Crippen molar-refractivity contribution in [2.24, 2.45) is 5.14 Å². The molecule has 1 saturated heterocycles. The third-order valence-electron chi connectivity index (χ3n) is 5.29. The van der Waals surface area contributed by atoms with Gasteiger partial charge < -0.3 is 9.64 Å². The summed E-state index contributed by atoms with van der Waals surface area (Å²) in [6, 6.07) is 14.6. The van der Waals surface area contributed by atoms with Gasteiger partial charge in [0.05, 0.1) is 17.6 Å². The molecular weight excluding hydrogens is 390 g/mol. The molecule has 29 heavy (non-hydrogen) atoms. The van der Waals surface area contributed by atoms with Gasteiger partial charge in [-0.3, -0.25) is 9.69 Å². The van der Waals surface area contributed by atoms with Crippen LogP contribution in [0.4, 0.5) is 0 Å². The average molecular weight is 418 g/mol. The number of amides is 1. The first-order valence-corrected chi connectivity index (χ1v) is 11.1. The molecule has 1 fully saturated rings. The minimum Gasteiger partial charge on any atom is -0.496 e. The number of benzene rings is 2. The molecule has 0 aromatic heterocycles. The quantitative estimate of drug-likeness (QED) is 0.745. The number of rotatable bonds is 7. The predicted molar refractivity (Wildman–Crippen MR) is 111 cm³/mol. The van der Waals surface area contributed by atoms with E-state index >= 15 is 0 Å². The molecule has 0 radical (unpaired) electrons. The van der Waals surface area contributed by atoms with Crippen molar-refractivity contribution in [3.05, 3.63) is 59.7 Å². The van der Waals surface area contributed by atoms with E-state index in [4.69, 9.17) is 9.88 Å². The Morgan fingerprint density at radius 3 is 2.62 bits per heavy atom. The number of likely N-dealkylation sites (N-methyl/N-ethyl adjacent to an activating group) is 1. The third-order valence-corrected chi connectivity index (χ3v) is 6.20. The summed E-state index contributed by atoms with van der Waals surface area (Å²) in [5.41, 5.74) is 1.44. The summed E-state index contributed by atoms with van der Waals surface area (Å²) in [7, 11) is -0.737. The Labute approximate surface area is 172 Å². The zero-order valence-corrected chi connectivity index (χ0v) is 17.6. The molecule has 0 saturated carbocycles. The van der Waals surface area contributed by atoms with Crippen molar-refractivity contribution < 1.29 is 17.9 Å². The fraction of sp³-hybridized carbons (Fsp3) is 0.381. The van der Waals surface area contributed by atoms with Crippen LogP contribution in [0.15, 0.2) is 53.4 Å². The van der Waals surface area contributed by atoms with Gasteiger partial charge in [0.1, 0.15) is 5.75 Å². The van der Waals surface area contributed by atoms with Crippen LogP contribution in [-0.4, -0.2) is 57.4 Å². The van der Waals surface area contributed by atoms with E-state index in [0.29, 0.717) is 12.3 Å². The lowest BCUT2D eigenvalue weighted by Crippen LogP contribution is -2.41. The second-order valence-corrected chi connectivity index (χ2v) is 8.91. The number of likely N-dealkylation sites (tertiary alicyclic amines) is 1. The van der Waals surface area contributed by atoms with Crippen molar-refractivity contribution in [3.63, 3.8) is 0 Å². The Hall–Kier alpha value is -2.42. The summed E-state index contributed by atoms with van der Waals surface area (Å²) in [5, 5.41) is 5.22. The minimum atomic E-state index is -3.91. The fourth-order valence-electron chi connectivity index (χ4n) is 3.76. The molecule has 1 amide bonds. The standard InChI is InChI=1S/C21H27N3O4S/c1-23(15-17-9-6-12-24(17)14-16-7-4-3-5-8-16)21(25)19-13-18(29(22,26)27)10-11-20(19)28-2/h3-5,7-8,10-11,13,17H,6,9,12,14-15H2,1-2H3,(H2,22,26,27). The van der Waals surface area contributed by atoms with E-state index in [1.165, 1.54) is 30.9 Å². The number of ether oxygens (including phenoxy) is 1. The van der Waals surface area contributed by atoms with Crippen molar-refractivity contribution in [2.45, 2.75) is 30.3 Å². The molecule has 3 rings (SSSR count). The number of sulfonamides is 1. The molecule has 1 atom stereocenters. The summed E-state index contributed by atoms with van der Waals surface area (Å²) in [6.45, 7) is 2.39. The van der Waals surface area contributed by atoms with E-state index < -0.39 is 10.0 Å². The number of methoxy groups -OCH3 is 1. The second-order valence-electron chi connectivity index (χ2n) is 7.34. The van der Waals surface area contributed by atoms with Crippen molar-refractivity contribution in [1.29, 1.82) is 0 Å². The monoisotopic (exact) mass is 417 g/mol. The van der Waals surface area contributed by atoms with Crippen LogP contribution < -0.4 is 9.88 Å². The number of carbonyl (C=O) groups is 1. The molecular formula is C21H27N3O4S. The Morgan fingerprint density at radius 2 is 1.97 bits per heavy atom.